The molecule has 1 N–H and O–H groups in total. The van der Waals surface area contributed by atoms with Crippen LogP contribution >= 0.6 is 11.6 Å². The van der Waals surface area contributed by atoms with E-state index < -0.39 is 0 Å². The quantitative estimate of drug-likeness (QED) is 0.856. The molecule has 3 heteroatoms. The van der Waals surface area contributed by atoms with Crippen LogP contribution < -0.4 is 5.32 Å². The lowest BCUT2D eigenvalue weighted by Crippen LogP contribution is -2.32. The Labute approximate surface area is 107 Å². The predicted molar refractivity (Wildman–Crippen MR) is 69.7 cm³/mol. The van der Waals surface area contributed by atoms with Crippen molar-refractivity contribution in [3.8, 4) is 0 Å². The van der Waals surface area contributed by atoms with Crippen molar-refractivity contribution in [2.45, 2.75) is 45.2 Å². The predicted octanol–water partition coefficient (Wildman–Crippen LogP) is 4.15. The minimum Gasteiger partial charge on any atom is -0.310 e. The van der Waals surface area contributed by atoms with E-state index in [0.717, 1.165) is 5.92 Å². The summed E-state index contributed by atoms with van der Waals surface area (Å²) >= 11 is 5.75. The topological polar surface area (TPSA) is 12.0 Å². The molecule has 1 nitrogen and oxygen atoms in total. The van der Waals surface area contributed by atoms with Crippen LogP contribution in [0.4, 0.5) is 4.39 Å². The maximum absolute atomic E-state index is 13.6. The lowest BCUT2D eigenvalue weighted by atomic mass is 9.87. The smallest absolute Gasteiger partial charge is 0.146 e. The van der Waals surface area contributed by atoms with Gasteiger partial charge in [0.05, 0.1) is 5.02 Å². The van der Waals surface area contributed by atoms with E-state index in [2.05, 4.69) is 12.2 Å². The highest BCUT2D eigenvalue weighted by Gasteiger charge is 2.18. The lowest BCUT2D eigenvalue weighted by Gasteiger charge is -2.27. The van der Waals surface area contributed by atoms with Crippen LogP contribution in [0.15, 0.2) is 18.2 Å². The Kier molecular flexibility index (Phi) is 4.41. The van der Waals surface area contributed by atoms with Gasteiger partial charge in [0.15, 0.2) is 0 Å². The number of hydrogen-bond acceptors (Lipinski definition) is 1. The molecule has 1 aliphatic carbocycles. The van der Waals surface area contributed by atoms with Crippen LogP contribution in [0.25, 0.3) is 0 Å². The molecular weight excluding hydrogens is 237 g/mol. The van der Waals surface area contributed by atoms with Crippen LogP contribution in [0.2, 0.25) is 5.02 Å². The molecule has 17 heavy (non-hydrogen) atoms. The molecule has 0 aliphatic heterocycles. The molecule has 0 aromatic heterocycles. The maximum Gasteiger partial charge on any atom is 0.146 e. The molecule has 1 saturated carbocycles. The van der Waals surface area contributed by atoms with Crippen LogP contribution in [0.3, 0.4) is 0 Å². The van der Waals surface area contributed by atoms with Gasteiger partial charge in [-0.15, -0.1) is 0 Å². The average molecular weight is 256 g/mol. The summed E-state index contributed by atoms with van der Waals surface area (Å²) in [4.78, 5) is 0. The number of nitrogens with one attached hydrogen (secondary N) is 1. The summed E-state index contributed by atoms with van der Waals surface area (Å²) in [7, 11) is 0. The SMILES string of the molecule is CC1CCC(NCc2cccc(Cl)c2F)CC1. The first-order valence-electron chi connectivity index (χ1n) is 6.33. The molecule has 1 aliphatic rings. The van der Waals surface area contributed by atoms with E-state index in [0.29, 0.717) is 18.2 Å². The fourth-order valence-electron chi connectivity index (χ4n) is 2.40. The van der Waals surface area contributed by atoms with Crippen LogP contribution in [0.5, 0.6) is 0 Å². The minimum absolute atomic E-state index is 0.210. The third-order valence-electron chi connectivity index (χ3n) is 3.63. The van der Waals surface area contributed by atoms with Crippen molar-refractivity contribution in [2.75, 3.05) is 0 Å². The van der Waals surface area contributed by atoms with Gasteiger partial charge < -0.3 is 5.32 Å². The molecular formula is C14H19ClFN. The van der Waals surface area contributed by atoms with Crippen molar-refractivity contribution < 1.29 is 4.39 Å². The van der Waals surface area contributed by atoms with Gasteiger partial charge in [-0.2, -0.15) is 0 Å². The van der Waals surface area contributed by atoms with Gasteiger partial charge in [-0.25, -0.2) is 4.39 Å². The monoisotopic (exact) mass is 255 g/mol. The molecule has 0 bridgehead atoms. The van der Waals surface area contributed by atoms with Crippen molar-refractivity contribution in [2.24, 2.45) is 5.92 Å². The third kappa shape index (κ3) is 3.43. The van der Waals surface area contributed by atoms with Crippen molar-refractivity contribution in [3.63, 3.8) is 0 Å². The summed E-state index contributed by atoms with van der Waals surface area (Å²) in [5, 5.41) is 3.64. The zero-order chi connectivity index (χ0) is 12.3. The van der Waals surface area contributed by atoms with Gasteiger partial charge in [-0.05, 0) is 37.7 Å². The number of benzene rings is 1. The summed E-state index contributed by atoms with van der Waals surface area (Å²) in [6.45, 7) is 2.87. The van der Waals surface area contributed by atoms with Crippen molar-refractivity contribution in [1.29, 1.82) is 0 Å². The molecule has 94 valence electrons. The number of halogens is 2. The summed E-state index contributed by atoms with van der Waals surface area (Å²) in [5.74, 6) is 0.557. The molecule has 0 saturated heterocycles. The maximum atomic E-state index is 13.6. The lowest BCUT2D eigenvalue weighted by molar-refractivity contribution is 0.305. The summed E-state index contributed by atoms with van der Waals surface area (Å²) in [6.07, 6.45) is 4.94. The van der Waals surface area contributed by atoms with Gasteiger partial charge in [0.1, 0.15) is 5.82 Å². The Morgan fingerprint density at radius 3 is 2.71 bits per heavy atom. The van der Waals surface area contributed by atoms with Crippen molar-refractivity contribution >= 4 is 11.6 Å². The Bertz CT molecular complexity index is 372. The van der Waals surface area contributed by atoms with E-state index in [-0.39, 0.29) is 10.8 Å². The summed E-state index contributed by atoms with van der Waals surface area (Å²) < 4.78 is 13.6. The molecule has 0 atom stereocenters. The largest absolute Gasteiger partial charge is 0.310 e. The molecule has 1 aromatic rings. The van der Waals surface area contributed by atoms with Gasteiger partial charge >= 0.3 is 0 Å². The van der Waals surface area contributed by atoms with Crippen LogP contribution in [0.1, 0.15) is 38.2 Å². The first-order chi connectivity index (χ1) is 8.16. The fourth-order valence-corrected chi connectivity index (χ4v) is 2.60. The second-order valence-corrected chi connectivity index (χ2v) is 5.46. The molecule has 0 unspecified atom stereocenters. The Balaban J connectivity index is 1.87. The van der Waals surface area contributed by atoms with Crippen molar-refractivity contribution in [3.05, 3.63) is 34.6 Å². The van der Waals surface area contributed by atoms with E-state index in [4.69, 9.17) is 11.6 Å². The van der Waals surface area contributed by atoms with E-state index in [1.165, 1.54) is 25.7 Å². The molecule has 1 aromatic carbocycles. The minimum atomic E-state index is -0.286. The van der Waals surface area contributed by atoms with Gasteiger partial charge in [0, 0.05) is 18.2 Å². The van der Waals surface area contributed by atoms with Gasteiger partial charge in [0.25, 0.3) is 0 Å². The first kappa shape index (κ1) is 12.8. The number of hydrogen-bond donors (Lipinski definition) is 1. The second kappa shape index (κ2) is 5.83. The van der Waals surface area contributed by atoms with Crippen LogP contribution in [-0.2, 0) is 6.54 Å². The Hall–Kier alpha value is -0.600. The molecule has 1 fully saturated rings. The van der Waals surface area contributed by atoms with Crippen molar-refractivity contribution in [1.82, 2.24) is 5.32 Å². The van der Waals surface area contributed by atoms with Crippen LogP contribution in [0, 0.1) is 11.7 Å². The molecule has 0 heterocycles. The highest BCUT2D eigenvalue weighted by atomic mass is 35.5. The zero-order valence-corrected chi connectivity index (χ0v) is 10.9. The first-order valence-corrected chi connectivity index (χ1v) is 6.71. The average Bonchev–Trinajstić information content (AvgIpc) is 2.33. The second-order valence-electron chi connectivity index (χ2n) is 5.05. The molecule has 0 amide bonds. The Morgan fingerprint density at radius 1 is 1.29 bits per heavy atom. The van der Waals surface area contributed by atoms with E-state index in [1.807, 2.05) is 0 Å². The highest BCUT2D eigenvalue weighted by Crippen LogP contribution is 2.24. The summed E-state index contributed by atoms with van der Waals surface area (Å²) in [6, 6.07) is 5.71. The van der Waals surface area contributed by atoms with Gasteiger partial charge in [-0.3, -0.25) is 0 Å². The third-order valence-corrected chi connectivity index (χ3v) is 3.92. The van der Waals surface area contributed by atoms with Crippen LogP contribution in [-0.4, -0.2) is 6.04 Å². The Morgan fingerprint density at radius 2 is 2.00 bits per heavy atom. The van der Waals surface area contributed by atoms with Gasteiger partial charge in [-0.1, -0.05) is 30.7 Å². The molecule has 0 radical (unpaired) electrons. The number of rotatable bonds is 3. The van der Waals surface area contributed by atoms with E-state index in [1.54, 1.807) is 18.2 Å². The highest BCUT2D eigenvalue weighted by molar-refractivity contribution is 6.30. The fraction of sp³-hybridized carbons (Fsp3) is 0.571. The summed E-state index contributed by atoms with van der Waals surface area (Å²) in [5.41, 5.74) is 0.663. The standard InChI is InChI=1S/C14H19ClFN/c1-10-5-7-12(8-6-10)17-9-11-3-2-4-13(15)14(11)16/h2-4,10,12,17H,5-9H2,1H3. The molecule has 0 spiro atoms. The van der Waals surface area contributed by atoms with E-state index >= 15 is 0 Å². The normalized spacial score (nSPS) is 24.9. The molecule has 2 rings (SSSR count). The zero-order valence-electron chi connectivity index (χ0n) is 10.2. The van der Waals surface area contributed by atoms with Gasteiger partial charge in [0.2, 0.25) is 0 Å². The van der Waals surface area contributed by atoms with E-state index in [9.17, 15) is 4.39 Å².